The molecule has 0 N–H and O–H groups in total. The van der Waals surface area contributed by atoms with E-state index in [1.165, 1.54) is 0 Å². The largest absolute Gasteiger partial charge is 0.448 e. The predicted octanol–water partition coefficient (Wildman–Crippen LogP) is 4.80. The number of fused-ring (bicyclic) bond motifs is 1. The van der Waals surface area contributed by atoms with Gasteiger partial charge in [-0.05, 0) is 24.2 Å². The summed E-state index contributed by atoms with van der Waals surface area (Å²) in [6, 6.07) is 1.56. The van der Waals surface area contributed by atoms with E-state index in [-0.39, 0.29) is 28.3 Å². The molecule has 2 aromatic rings. The fourth-order valence-electron chi connectivity index (χ4n) is 3.28. The van der Waals surface area contributed by atoms with Crippen LogP contribution in [-0.2, 0) is 4.79 Å². The molecule has 0 aromatic carbocycles. The van der Waals surface area contributed by atoms with Gasteiger partial charge in [0.15, 0.2) is 11.2 Å². The number of hydrogen-bond acceptors (Lipinski definition) is 5. The molecule has 2 aromatic heterocycles. The molecule has 1 atom stereocenters. The zero-order valence-corrected chi connectivity index (χ0v) is 15.3. The molecule has 0 aliphatic carbocycles. The van der Waals surface area contributed by atoms with E-state index >= 15 is 0 Å². The molecule has 0 fully saturated rings. The summed E-state index contributed by atoms with van der Waals surface area (Å²) in [5.74, 6) is -0.356. The van der Waals surface area contributed by atoms with Crippen LogP contribution in [-0.4, -0.2) is 11.9 Å². The van der Waals surface area contributed by atoms with Gasteiger partial charge in [0.25, 0.3) is 0 Å². The van der Waals surface area contributed by atoms with Gasteiger partial charge in [-0.25, -0.2) is 4.79 Å². The number of carbonyl (C=O) groups is 2. The Morgan fingerprint density at radius 1 is 1.12 bits per heavy atom. The third-order valence-electron chi connectivity index (χ3n) is 4.97. The van der Waals surface area contributed by atoms with E-state index in [4.69, 9.17) is 13.9 Å². The van der Waals surface area contributed by atoms with Crippen molar-refractivity contribution >= 4 is 23.1 Å². The van der Waals surface area contributed by atoms with Crippen LogP contribution in [0.4, 0.5) is 0 Å². The summed E-state index contributed by atoms with van der Waals surface area (Å²) in [6.45, 7) is 14.3. The van der Waals surface area contributed by atoms with Crippen LogP contribution >= 0.6 is 0 Å². The molecule has 5 nitrogen and oxygen atoms in total. The molecule has 24 heavy (non-hydrogen) atoms. The van der Waals surface area contributed by atoms with Crippen molar-refractivity contribution in [2.45, 2.75) is 54.9 Å². The quantitative estimate of drug-likeness (QED) is 0.597. The van der Waals surface area contributed by atoms with E-state index in [2.05, 4.69) is 20.8 Å². The van der Waals surface area contributed by atoms with Crippen molar-refractivity contribution in [3.8, 4) is 11.5 Å². The Bertz CT molecular complexity index is 815. The predicted molar refractivity (Wildman–Crippen MR) is 89.6 cm³/mol. The van der Waals surface area contributed by atoms with Crippen molar-refractivity contribution in [1.82, 2.24) is 0 Å². The average molecular weight is 332 g/mol. The lowest BCUT2D eigenvalue weighted by atomic mass is 9.61. The first-order valence-corrected chi connectivity index (χ1v) is 8.17. The van der Waals surface area contributed by atoms with Crippen molar-refractivity contribution < 1.29 is 23.5 Å². The minimum Gasteiger partial charge on any atom is -0.448 e. The van der Waals surface area contributed by atoms with Crippen molar-refractivity contribution in [3.63, 3.8) is 0 Å². The van der Waals surface area contributed by atoms with Gasteiger partial charge in [-0.1, -0.05) is 41.5 Å². The lowest BCUT2D eigenvalue weighted by Gasteiger charge is -2.43. The summed E-state index contributed by atoms with van der Waals surface area (Å²) in [5, 5.41) is 0. The lowest BCUT2D eigenvalue weighted by molar-refractivity contribution is -0.154. The Hall–Kier alpha value is -2.04. The molecule has 0 spiro atoms. The topological polar surface area (TPSA) is 65.7 Å². The smallest absolute Gasteiger partial charge is 0.347 e. The number of esters is 2. The van der Waals surface area contributed by atoms with Crippen molar-refractivity contribution in [2.75, 3.05) is 0 Å². The molecule has 2 bridgehead atoms. The van der Waals surface area contributed by atoms with Gasteiger partial charge >= 0.3 is 11.9 Å². The summed E-state index contributed by atoms with van der Waals surface area (Å²) in [7, 11) is 0. The highest BCUT2D eigenvalue weighted by atomic mass is 16.6. The van der Waals surface area contributed by atoms with E-state index in [0.29, 0.717) is 23.2 Å². The Morgan fingerprint density at radius 3 is 2.29 bits per heavy atom. The summed E-state index contributed by atoms with van der Waals surface area (Å²) in [5.41, 5.74) is 0.0897. The van der Waals surface area contributed by atoms with E-state index in [9.17, 15) is 9.59 Å². The van der Waals surface area contributed by atoms with Gasteiger partial charge in [-0.2, -0.15) is 0 Å². The van der Waals surface area contributed by atoms with Crippen LogP contribution in [0.3, 0.4) is 0 Å². The Labute approximate surface area is 141 Å². The molecule has 130 valence electrons. The second kappa shape index (κ2) is 4.74. The van der Waals surface area contributed by atoms with Crippen LogP contribution in [0.2, 0.25) is 0 Å². The molecular formula is C19H24O5. The van der Waals surface area contributed by atoms with Gasteiger partial charge < -0.3 is 13.9 Å². The van der Waals surface area contributed by atoms with Gasteiger partial charge in [0.1, 0.15) is 5.56 Å². The van der Waals surface area contributed by atoms with Crippen LogP contribution < -0.4 is 9.47 Å². The third kappa shape index (κ3) is 2.38. The summed E-state index contributed by atoms with van der Waals surface area (Å²) < 4.78 is 16.3. The van der Waals surface area contributed by atoms with Crippen LogP contribution in [0, 0.1) is 16.2 Å². The van der Waals surface area contributed by atoms with E-state index in [0.717, 1.165) is 0 Å². The fraction of sp³-hybridized carbons (Fsp3) is 0.579. The molecule has 1 aliphatic rings. The van der Waals surface area contributed by atoms with Gasteiger partial charge in [-0.15, -0.1) is 0 Å². The molecule has 3 heterocycles. The first kappa shape index (κ1) is 16.8. The number of rotatable bonds is 3. The second-order valence-corrected chi connectivity index (χ2v) is 9.11. The van der Waals surface area contributed by atoms with Gasteiger partial charge in [0.05, 0.1) is 5.41 Å². The van der Waals surface area contributed by atoms with Gasteiger partial charge in [-0.3, -0.25) is 4.79 Å². The number of carbonyl (C=O) groups excluding carboxylic acids is 2. The minimum atomic E-state index is -0.707. The number of benzene rings is 1. The number of furan rings is 2. The minimum absolute atomic E-state index is 0.0428. The summed E-state index contributed by atoms with van der Waals surface area (Å²) >= 11 is 0. The first-order valence-electron chi connectivity index (χ1n) is 8.17. The zero-order valence-electron chi connectivity index (χ0n) is 15.3. The number of ether oxygens (including phenoxy) is 2. The molecule has 1 unspecified atom stereocenters. The first-order chi connectivity index (χ1) is 10.8. The van der Waals surface area contributed by atoms with E-state index in [1.54, 1.807) is 6.07 Å². The van der Waals surface area contributed by atoms with Crippen molar-refractivity contribution in [2.24, 2.45) is 16.2 Å². The molecule has 0 amide bonds. The van der Waals surface area contributed by atoms with Crippen LogP contribution in [0.1, 0.15) is 65.2 Å². The Balaban J connectivity index is 1.94. The SMILES string of the molecule is CC(C)(C)CC(C)(C(=O)Oc1c2c3oc1cc3C(=O)O2)C(C)(C)C. The maximum absolute atomic E-state index is 13.1. The molecule has 5 heteroatoms. The van der Waals surface area contributed by atoms with Crippen molar-refractivity contribution in [1.29, 1.82) is 0 Å². The second-order valence-electron chi connectivity index (χ2n) is 9.11. The summed E-state index contributed by atoms with van der Waals surface area (Å²) in [4.78, 5) is 24.8. The van der Waals surface area contributed by atoms with E-state index in [1.807, 2.05) is 27.7 Å². The molecular weight excluding hydrogens is 308 g/mol. The Morgan fingerprint density at radius 2 is 1.75 bits per heavy atom. The lowest BCUT2D eigenvalue weighted by Crippen LogP contribution is -2.45. The van der Waals surface area contributed by atoms with Crippen LogP contribution in [0.5, 0.6) is 11.5 Å². The van der Waals surface area contributed by atoms with Gasteiger partial charge in [0, 0.05) is 6.07 Å². The fourth-order valence-corrected chi connectivity index (χ4v) is 3.28. The molecule has 0 saturated carbocycles. The van der Waals surface area contributed by atoms with Crippen molar-refractivity contribution in [3.05, 3.63) is 11.6 Å². The summed E-state index contributed by atoms with van der Waals surface area (Å²) in [6.07, 6.45) is 0.665. The highest BCUT2D eigenvalue weighted by Crippen LogP contribution is 2.52. The van der Waals surface area contributed by atoms with Crippen LogP contribution in [0.25, 0.3) is 11.2 Å². The molecule has 0 saturated heterocycles. The van der Waals surface area contributed by atoms with Gasteiger partial charge in [0.2, 0.25) is 11.5 Å². The highest BCUT2D eigenvalue weighted by Gasteiger charge is 2.49. The normalized spacial score (nSPS) is 17.2. The average Bonchev–Trinajstić information content (AvgIpc) is 2.99. The molecule has 0 radical (unpaired) electrons. The maximum Gasteiger partial charge on any atom is 0.347 e. The highest BCUT2D eigenvalue weighted by molar-refractivity contribution is 6.10. The molecule has 3 rings (SSSR count). The Kier molecular flexibility index (Phi) is 3.32. The third-order valence-corrected chi connectivity index (χ3v) is 4.97. The van der Waals surface area contributed by atoms with E-state index < -0.39 is 11.4 Å². The zero-order chi connectivity index (χ0) is 18.1. The monoisotopic (exact) mass is 332 g/mol. The maximum atomic E-state index is 13.1. The van der Waals surface area contributed by atoms with Crippen LogP contribution in [0.15, 0.2) is 10.5 Å². The standard InChI is InChI=1S/C19H24O5/c1-17(2,3)9-19(7,18(4,5)6)16(21)24-13-11-8-10-12(22-11)14(13)23-15(10)20/h8H,9H2,1-7H3. The molecule has 1 aliphatic heterocycles. The number of hydrogen-bond donors (Lipinski definition) is 0.